The van der Waals surface area contributed by atoms with Gasteiger partial charge in [-0.05, 0) is 6.42 Å². The van der Waals surface area contributed by atoms with Gasteiger partial charge < -0.3 is 9.84 Å². The van der Waals surface area contributed by atoms with Crippen molar-refractivity contribution in [1.82, 2.24) is 4.90 Å². The number of thioether (sulfide) groups is 1. The standard InChI is InChI=1S/C10H19NO3S/c1-14-5-2-3-11-4-6-15-8-9(11)7-10(12)13/h9H,2-8H2,1H3,(H,12,13). The van der Waals surface area contributed by atoms with Crippen LogP contribution in [0.15, 0.2) is 0 Å². The number of aliphatic carboxylic acids is 1. The van der Waals surface area contributed by atoms with Gasteiger partial charge in [0.2, 0.25) is 0 Å². The molecule has 15 heavy (non-hydrogen) atoms. The molecule has 1 aliphatic heterocycles. The van der Waals surface area contributed by atoms with E-state index in [1.807, 2.05) is 11.8 Å². The van der Waals surface area contributed by atoms with Gasteiger partial charge in [-0.1, -0.05) is 0 Å². The summed E-state index contributed by atoms with van der Waals surface area (Å²) in [5, 5.41) is 8.79. The lowest BCUT2D eigenvalue weighted by Crippen LogP contribution is -2.44. The topological polar surface area (TPSA) is 49.8 Å². The molecule has 0 bridgehead atoms. The van der Waals surface area contributed by atoms with Gasteiger partial charge in [-0.25, -0.2) is 0 Å². The number of rotatable bonds is 6. The molecule has 1 saturated heterocycles. The van der Waals surface area contributed by atoms with E-state index in [4.69, 9.17) is 9.84 Å². The highest BCUT2D eigenvalue weighted by Gasteiger charge is 2.24. The maximum atomic E-state index is 10.7. The molecule has 1 atom stereocenters. The first kappa shape index (κ1) is 12.8. The van der Waals surface area contributed by atoms with Crippen molar-refractivity contribution in [1.29, 1.82) is 0 Å². The molecule has 1 fully saturated rings. The van der Waals surface area contributed by atoms with Crippen LogP contribution in [0.25, 0.3) is 0 Å². The second-order valence-corrected chi connectivity index (χ2v) is 4.86. The van der Waals surface area contributed by atoms with Crippen LogP contribution in [-0.4, -0.2) is 60.3 Å². The third-order valence-corrected chi connectivity index (χ3v) is 3.65. The number of nitrogens with zero attached hydrogens (tertiary/aromatic N) is 1. The van der Waals surface area contributed by atoms with Crippen molar-refractivity contribution in [2.75, 3.05) is 38.3 Å². The third kappa shape index (κ3) is 4.86. The molecule has 88 valence electrons. The van der Waals surface area contributed by atoms with E-state index < -0.39 is 5.97 Å². The molecule has 5 heteroatoms. The lowest BCUT2D eigenvalue weighted by molar-refractivity contribution is -0.138. The number of ether oxygens (including phenoxy) is 1. The molecule has 1 rings (SSSR count). The van der Waals surface area contributed by atoms with Crippen molar-refractivity contribution in [3.63, 3.8) is 0 Å². The van der Waals surface area contributed by atoms with E-state index in [1.165, 1.54) is 0 Å². The van der Waals surface area contributed by atoms with E-state index in [0.717, 1.165) is 37.6 Å². The van der Waals surface area contributed by atoms with E-state index in [-0.39, 0.29) is 12.5 Å². The summed E-state index contributed by atoms with van der Waals surface area (Å²) in [5.74, 6) is 1.36. The van der Waals surface area contributed by atoms with Gasteiger partial charge in [0.25, 0.3) is 0 Å². The monoisotopic (exact) mass is 233 g/mol. The Hall–Kier alpha value is -0.260. The molecule has 0 aliphatic carbocycles. The SMILES string of the molecule is COCCCN1CCSCC1CC(=O)O. The van der Waals surface area contributed by atoms with Gasteiger partial charge in [-0.3, -0.25) is 9.69 Å². The second kappa shape index (κ2) is 7.09. The highest BCUT2D eigenvalue weighted by molar-refractivity contribution is 7.99. The van der Waals surface area contributed by atoms with Crippen LogP contribution in [0.2, 0.25) is 0 Å². The van der Waals surface area contributed by atoms with Crippen molar-refractivity contribution >= 4 is 17.7 Å². The van der Waals surface area contributed by atoms with E-state index in [1.54, 1.807) is 7.11 Å². The second-order valence-electron chi connectivity index (χ2n) is 3.71. The van der Waals surface area contributed by atoms with Crippen LogP contribution in [-0.2, 0) is 9.53 Å². The van der Waals surface area contributed by atoms with Crippen molar-refractivity contribution in [3.05, 3.63) is 0 Å². The van der Waals surface area contributed by atoms with E-state index in [0.29, 0.717) is 0 Å². The Morgan fingerprint density at radius 1 is 1.67 bits per heavy atom. The van der Waals surface area contributed by atoms with Crippen molar-refractivity contribution in [2.45, 2.75) is 18.9 Å². The molecule has 1 aliphatic rings. The number of hydrogen-bond acceptors (Lipinski definition) is 4. The van der Waals surface area contributed by atoms with Gasteiger partial charge in [-0.2, -0.15) is 11.8 Å². The van der Waals surface area contributed by atoms with Crippen molar-refractivity contribution in [2.24, 2.45) is 0 Å². The first-order valence-electron chi connectivity index (χ1n) is 5.26. The summed E-state index contributed by atoms with van der Waals surface area (Å²) in [5.41, 5.74) is 0. The Bertz CT molecular complexity index is 201. The minimum atomic E-state index is -0.695. The van der Waals surface area contributed by atoms with E-state index >= 15 is 0 Å². The van der Waals surface area contributed by atoms with E-state index in [9.17, 15) is 4.79 Å². The molecule has 1 unspecified atom stereocenters. The van der Waals surface area contributed by atoms with Gasteiger partial charge in [0.1, 0.15) is 0 Å². The summed E-state index contributed by atoms with van der Waals surface area (Å²) >= 11 is 1.85. The molecule has 0 aromatic carbocycles. The predicted molar refractivity (Wildman–Crippen MR) is 61.4 cm³/mol. The number of hydrogen-bond donors (Lipinski definition) is 1. The lowest BCUT2D eigenvalue weighted by atomic mass is 10.2. The minimum absolute atomic E-state index is 0.207. The fraction of sp³-hybridized carbons (Fsp3) is 0.900. The number of methoxy groups -OCH3 is 1. The Labute approximate surface area is 95.0 Å². The quantitative estimate of drug-likeness (QED) is 0.691. The minimum Gasteiger partial charge on any atom is -0.481 e. The highest BCUT2D eigenvalue weighted by atomic mass is 32.2. The predicted octanol–water partition coefficient (Wildman–Crippen LogP) is 0.915. The van der Waals surface area contributed by atoms with Crippen LogP contribution in [0.4, 0.5) is 0 Å². The average molecular weight is 233 g/mol. The highest BCUT2D eigenvalue weighted by Crippen LogP contribution is 2.19. The summed E-state index contributed by atoms with van der Waals surface area (Å²) in [4.78, 5) is 13.0. The zero-order valence-corrected chi connectivity index (χ0v) is 9.96. The van der Waals surface area contributed by atoms with Crippen molar-refractivity contribution < 1.29 is 14.6 Å². The van der Waals surface area contributed by atoms with Gasteiger partial charge in [0, 0.05) is 44.4 Å². The summed E-state index contributed by atoms with van der Waals surface area (Å²) in [6.07, 6.45) is 1.25. The van der Waals surface area contributed by atoms with Gasteiger partial charge >= 0.3 is 5.97 Å². The van der Waals surface area contributed by atoms with Crippen LogP contribution in [0.5, 0.6) is 0 Å². The number of carboxylic acids is 1. The zero-order valence-electron chi connectivity index (χ0n) is 9.15. The lowest BCUT2D eigenvalue weighted by Gasteiger charge is -2.34. The summed E-state index contributed by atoms with van der Waals surface area (Å²) in [6.45, 7) is 2.71. The van der Waals surface area contributed by atoms with Crippen LogP contribution < -0.4 is 0 Å². The summed E-state index contributed by atoms with van der Waals surface area (Å²) in [7, 11) is 1.70. The van der Waals surface area contributed by atoms with Crippen molar-refractivity contribution in [3.8, 4) is 0 Å². The molecular weight excluding hydrogens is 214 g/mol. The molecule has 1 N–H and O–H groups in total. The molecule has 0 aromatic heterocycles. The van der Waals surface area contributed by atoms with Crippen LogP contribution in [0, 0.1) is 0 Å². The summed E-state index contributed by atoms with van der Waals surface area (Å²) in [6, 6.07) is 0.207. The van der Waals surface area contributed by atoms with Crippen LogP contribution in [0.3, 0.4) is 0 Å². The first-order valence-corrected chi connectivity index (χ1v) is 6.42. The fourth-order valence-electron chi connectivity index (χ4n) is 1.79. The average Bonchev–Trinajstić information content (AvgIpc) is 2.20. The molecule has 0 radical (unpaired) electrons. The Kier molecular flexibility index (Phi) is 6.05. The fourth-order valence-corrected chi connectivity index (χ4v) is 2.92. The third-order valence-electron chi connectivity index (χ3n) is 2.55. The molecule has 0 spiro atoms. The molecule has 0 saturated carbocycles. The smallest absolute Gasteiger partial charge is 0.304 e. The summed E-state index contributed by atoms with van der Waals surface area (Å²) < 4.78 is 5.00. The van der Waals surface area contributed by atoms with Gasteiger partial charge in [0.05, 0.1) is 6.42 Å². The molecule has 0 amide bonds. The molecular formula is C10H19NO3S. The van der Waals surface area contributed by atoms with Crippen LogP contribution in [0.1, 0.15) is 12.8 Å². The Balaban J connectivity index is 2.32. The molecule has 0 aromatic rings. The van der Waals surface area contributed by atoms with Gasteiger partial charge in [0.15, 0.2) is 0 Å². The Morgan fingerprint density at radius 2 is 2.47 bits per heavy atom. The van der Waals surface area contributed by atoms with Crippen LogP contribution >= 0.6 is 11.8 Å². The largest absolute Gasteiger partial charge is 0.481 e. The number of carbonyl (C=O) groups is 1. The Morgan fingerprint density at radius 3 is 3.13 bits per heavy atom. The maximum Gasteiger partial charge on any atom is 0.304 e. The molecule has 4 nitrogen and oxygen atoms in total. The maximum absolute atomic E-state index is 10.7. The molecule has 1 heterocycles. The van der Waals surface area contributed by atoms with Gasteiger partial charge in [-0.15, -0.1) is 0 Å². The normalized spacial score (nSPS) is 22.9. The number of carboxylic acid groups (broad SMARTS) is 1. The first-order chi connectivity index (χ1) is 7.24. The zero-order chi connectivity index (χ0) is 11.1. The van der Waals surface area contributed by atoms with E-state index in [2.05, 4.69) is 4.90 Å².